The van der Waals surface area contributed by atoms with E-state index in [0.29, 0.717) is 11.1 Å². The van der Waals surface area contributed by atoms with Crippen molar-refractivity contribution >= 4 is 79.5 Å². The number of esters is 1. The van der Waals surface area contributed by atoms with Gasteiger partial charge in [-0.2, -0.15) is 0 Å². The number of hydrogen-bond donors (Lipinski definition) is 0. The van der Waals surface area contributed by atoms with E-state index in [1.807, 2.05) is 12.1 Å². The van der Waals surface area contributed by atoms with Gasteiger partial charge in [0.1, 0.15) is 6.61 Å². The summed E-state index contributed by atoms with van der Waals surface area (Å²) in [6, 6.07) is 3.88. The summed E-state index contributed by atoms with van der Waals surface area (Å²) in [4.78, 5) is 23.8. The molecule has 0 aliphatic heterocycles. The van der Waals surface area contributed by atoms with Crippen LogP contribution in [0.25, 0.3) is 0 Å². The first kappa shape index (κ1) is 18.3. The summed E-state index contributed by atoms with van der Waals surface area (Å²) >= 11 is 6.57. The number of Topliss-reactive ketones (excluding diaryl/α,β-unsaturated/α-hetero) is 1. The molecular weight excluding hydrogens is 597 g/mol. The molecule has 1 aromatic carbocycles. The Balaban J connectivity index is 2.85. The molecule has 0 saturated carbocycles. The number of ether oxygens (including phenoxy) is 1. The van der Waals surface area contributed by atoms with Gasteiger partial charge < -0.3 is 4.74 Å². The molecule has 3 nitrogen and oxygen atoms in total. The molecule has 0 saturated heterocycles. The van der Waals surface area contributed by atoms with Gasteiger partial charge in [-0.3, -0.25) is 4.79 Å². The first-order valence-corrected chi connectivity index (χ1v) is 8.99. The quantitative estimate of drug-likeness (QED) is 0.163. The number of halogens is 3. The van der Waals surface area contributed by atoms with Gasteiger partial charge in [-0.25, -0.2) is 4.79 Å². The van der Waals surface area contributed by atoms with Gasteiger partial charge in [0.05, 0.1) is 5.92 Å². The van der Waals surface area contributed by atoms with Gasteiger partial charge in [-0.05, 0) is 86.8 Å². The molecule has 0 N–H and O–H groups in total. The molecule has 20 heavy (non-hydrogen) atoms. The van der Waals surface area contributed by atoms with Crippen molar-refractivity contribution in [3.63, 3.8) is 0 Å². The normalized spacial score (nSPS) is 11.8. The maximum atomic E-state index is 12.4. The third-order valence-corrected chi connectivity index (χ3v) is 6.19. The first-order valence-electron chi connectivity index (χ1n) is 5.75. The lowest BCUT2D eigenvalue weighted by atomic mass is 10.0. The van der Waals surface area contributed by atoms with Crippen molar-refractivity contribution in [2.75, 3.05) is 6.61 Å². The van der Waals surface area contributed by atoms with Gasteiger partial charge in [-0.1, -0.05) is 13.5 Å². The summed E-state index contributed by atoms with van der Waals surface area (Å²) < 4.78 is 8.04. The van der Waals surface area contributed by atoms with Crippen LogP contribution in [-0.2, 0) is 9.53 Å². The van der Waals surface area contributed by atoms with Gasteiger partial charge in [0.15, 0.2) is 5.78 Å². The zero-order valence-electron chi connectivity index (χ0n) is 11.0. The van der Waals surface area contributed by atoms with Crippen molar-refractivity contribution in [2.24, 2.45) is 5.92 Å². The van der Waals surface area contributed by atoms with Gasteiger partial charge in [0.25, 0.3) is 0 Å². The average Bonchev–Trinajstić information content (AvgIpc) is 2.38. The van der Waals surface area contributed by atoms with Crippen LogP contribution in [-0.4, -0.2) is 18.4 Å². The van der Waals surface area contributed by atoms with Crippen molar-refractivity contribution in [3.8, 4) is 0 Å². The zero-order chi connectivity index (χ0) is 15.4. The maximum absolute atomic E-state index is 12.4. The Labute approximate surface area is 159 Å². The van der Waals surface area contributed by atoms with Gasteiger partial charge in [-0.15, -0.1) is 0 Å². The number of hydrogen-bond acceptors (Lipinski definition) is 3. The van der Waals surface area contributed by atoms with Crippen molar-refractivity contribution in [1.82, 2.24) is 0 Å². The number of carbonyl (C=O) groups is 2. The van der Waals surface area contributed by atoms with Crippen LogP contribution in [0.4, 0.5) is 0 Å². The summed E-state index contributed by atoms with van der Waals surface area (Å²) in [5.41, 5.74) is 1.02. The van der Waals surface area contributed by atoms with Crippen LogP contribution < -0.4 is 0 Å². The summed E-state index contributed by atoms with van der Waals surface area (Å²) in [7, 11) is 0. The predicted molar refractivity (Wildman–Crippen MR) is 104 cm³/mol. The molecule has 1 unspecified atom stereocenters. The molecule has 0 aliphatic carbocycles. The van der Waals surface area contributed by atoms with Crippen LogP contribution >= 0.6 is 67.8 Å². The lowest BCUT2D eigenvalue weighted by molar-refractivity contribution is -0.139. The standard InChI is InChI=1S/C14H13I3O3/c1-7(2)14(19)20-6-8(3)13(18)10-4-9(15)5-11(16)12(10)17/h4-5,8H,1,6H2,2-3H3. The average molecular weight is 610 g/mol. The van der Waals surface area contributed by atoms with Crippen molar-refractivity contribution in [1.29, 1.82) is 0 Å². The summed E-state index contributed by atoms with van der Waals surface area (Å²) in [6.45, 7) is 6.93. The van der Waals surface area contributed by atoms with E-state index < -0.39 is 5.97 Å². The van der Waals surface area contributed by atoms with Crippen LogP contribution in [0.2, 0.25) is 0 Å². The topological polar surface area (TPSA) is 43.4 Å². The Bertz CT molecular complexity index is 567. The minimum atomic E-state index is -0.462. The number of benzene rings is 1. The fourth-order valence-electron chi connectivity index (χ4n) is 1.40. The fraction of sp³-hybridized carbons (Fsp3) is 0.286. The first-order chi connectivity index (χ1) is 9.23. The Morgan fingerprint density at radius 2 is 1.90 bits per heavy atom. The molecule has 1 aromatic rings. The monoisotopic (exact) mass is 610 g/mol. The Hall–Kier alpha value is 0.290. The molecule has 1 atom stereocenters. The highest BCUT2D eigenvalue weighted by Crippen LogP contribution is 2.25. The third-order valence-electron chi connectivity index (χ3n) is 2.52. The summed E-state index contributed by atoms with van der Waals surface area (Å²) in [5.74, 6) is -0.849. The molecule has 1 rings (SSSR count). The Morgan fingerprint density at radius 3 is 2.45 bits per heavy atom. The molecule has 0 amide bonds. The molecule has 0 aliphatic rings. The van der Waals surface area contributed by atoms with E-state index in [9.17, 15) is 9.59 Å². The predicted octanol–water partition coefficient (Wildman–Crippen LogP) is 4.44. The van der Waals surface area contributed by atoms with Crippen LogP contribution in [0.15, 0.2) is 24.3 Å². The smallest absolute Gasteiger partial charge is 0.333 e. The zero-order valence-corrected chi connectivity index (χ0v) is 17.5. The van der Waals surface area contributed by atoms with E-state index in [1.54, 1.807) is 13.8 Å². The third kappa shape index (κ3) is 4.93. The second kappa shape index (κ2) is 8.06. The Morgan fingerprint density at radius 1 is 1.30 bits per heavy atom. The molecule has 0 heterocycles. The van der Waals surface area contributed by atoms with E-state index in [0.717, 1.165) is 10.7 Å². The molecule has 0 radical (unpaired) electrons. The highest BCUT2D eigenvalue weighted by molar-refractivity contribution is 14.1. The van der Waals surface area contributed by atoms with Crippen molar-refractivity contribution in [2.45, 2.75) is 13.8 Å². The molecule has 0 spiro atoms. The highest BCUT2D eigenvalue weighted by atomic mass is 127. The van der Waals surface area contributed by atoms with Gasteiger partial charge >= 0.3 is 5.97 Å². The Kier molecular flexibility index (Phi) is 7.39. The van der Waals surface area contributed by atoms with E-state index in [-0.39, 0.29) is 18.3 Å². The number of carbonyl (C=O) groups excluding carboxylic acids is 2. The largest absolute Gasteiger partial charge is 0.462 e. The lowest BCUT2D eigenvalue weighted by Crippen LogP contribution is -2.21. The molecule has 0 fully saturated rings. The molecule has 6 heteroatoms. The lowest BCUT2D eigenvalue weighted by Gasteiger charge is -2.13. The highest BCUT2D eigenvalue weighted by Gasteiger charge is 2.21. The van der Waals surface area contributed by atoms with Crippen molar-refractivity contribution in [3.05, 3.63) is 40.6 Å². The second-order valence-electron chi connectivity index (χ2n) is 4.39. The van der Waals surface area contributed by atoms with E-state index >= 15 is 0 Å². The molecule has 108 valence electrons. The minimum Gasteiger partial charge on any atom is -0.462 e. The SMILES string of the molecule is C=C(C)C(=O)OCC(C)C(=O)c1cc(I)cc(I)c1I. The molecule has 0 aromatic heterocycles. The van der Waals surface area contributed by atoms with Gasteiger partial charge in [0.2, 0.25) is 0 Å². The maximum Gasteiger partial charge on any atom is 0.333 e. The van der Waals surface area contributed by atoms with Crippen molar-refractivity contribution < 1.29 is 14.3 Å². The van der Waals surface area contributed by atoms with Gasteiger partial charge in [0, 0.05) is 21.8 Å². The van der Waals surface area contributed by atoms with Crippen LogP contribution in [0, 0.1) is 16.6 Å². The van der Waals surface area contributed by atoms with Crippen LogP contribution in [0.1, 0.15) is 24.2 Å². The second-order valence-corrected chi connectivity index (χ2v) is 7.88. The van der Waals surface area contributed by atoms with E-state index in [4.69, 9.17) is 4.74 Å². The summed E-state index contributed by atoms with van der Waals surface area (Å²) in [6.07, 6.45) is 0. The number of rotatable bonds is 5. The van der Waals surface area contributed by atoms with E-state index in [1.165, 1.54) is 0 Å². The van der Waals surface area contributed by atoms with Crippen LogP contribution in [0.5, 0.6) is 0 Å². The van der Waals surface area contributed by atoms with Crippen LogP contribution in [0.3, 0.4) is 0 Å². The molecular formula is C14H13I3O3. The fourth-order valence-corrected chi connectivity index (χ4v) is 3.82. The number of ketones is 1. The van der Waals surface area contributed by atoms with E-state index in [2.05, 4.69) is 74.4 Å². The molecule has 0 bridgehead atoms. The minimum absolute atomic E-state index is 0.0136. The summed E-state index contributed by atoms with van der Waals surface area (Å²) in [5, 5.41) is 0.